The Hall–Kier alpha value is -4.44. The van der Waals surface area contributed by atoms with E-state index in [1.165, 1.54) is 12.8 Å². The van der Waals surface area contributed by atoms with Gasteiger partial charge in [-0.1, -0.05) is 11.3 Å². The third-order valence-electron chi connectivity index (χ3n) is 7.55. The molecule has 0 N–H and O–H groups in total. The van der Waals surface area contributed by atoms with Gasteiger partial charge in [-0.05, 0) is 63.6 Å². The zero-order valence-corrected chi connectivity index (χ0v) is 20.8. The van der Waals surface area contributed by atoms with E-state index >= 15 is 0 Å². The first-order valence-electron chi connectivity index (χ1n) is 12.6. The third-order valence-corrected chi connectivity index (χ3v) is 7.55. The molecule has 0 spiro atoms. The summed E-state index contributed by atoms with van der Waals surface area (Å²) in [4.78, 5) is 10.8. The fraction of sp³-hybridized carbons (Fsp3) is 0.407. The van der Waals surface area contributed by atoms with Crippen LogP contribution in [-0.4, -0.2) is 46.8 Å². The summed E-state index contributed by atoms with van der Waals surface area (Å²) in [5, 5.41) is 28.3. The summed E-state index contributed by atoms with van der Waals surface area (Å²) in [5.41, 5.74) is 4.32. The zero-order valence-electron chi connectivity index (χ0n) is 20.8. The predicted octanol–water partition coefficient (Wildman–Crippen LogP) is 4.20. The minimum atomic E-state index is -0.338. The van der Waals surface area contributed by atoms with Crippen LogP contribution in [0.3, 0.4) is 0 Å². The Balaban J connectivity index is 1.35. The normalized spacial score (nSPS) is 20.4. The molecule has 1 aliphatic heterocycles. The van der Waals surface area contributed by atoms with Gasteiger partial charge in [-0.25, -0.2) is 9.67 Å². The van der Waals surface area contributed by atoms with Gasteiger partial charge in [0, 0.05) is 30.4 Å². The molecule has 0 aromatic carbocycles. The van der Waals surface area contributed by atoms with Crippen LogP contribution < -0.4 is 4.74 Å². The first kappa shape index (κ1) is 23.0. The first-order valence-corrected chi connectivity index (χ1v) is 12.6. The lowest BCUT2D eigenvalue weighted by Crippen LogP contribution is -2.41. The monoisotopic (exact) mass is 493 g/mol. The fourth-order valence-electron chi connectivity index (χ4n) is 5.44. The molecule has 3 atom stereocenters. The number of pyridine rings is 2. The molecule has 186 valence electrons. The summed E-state index contributed by atoms with van der Waals surface area (Å²) in [7, 11) is 0. The van der Waals surface area contributed by atoms with Crippen LogP contribution in [0.15, 0.2) is 42.7 Å². The lowest BCUT2D eigenvalue weighted by Gasteiger charge is -2.36. The van der Waals surface area contributed by atoms with Crippen LogP contribution in [0.25, 0.3) is 16.9 Å². The highest BCUT2D eigenvalue weighted by Crippen LogP contribution is 2.42. The van der Waals surface area contributed by atoms with Crippen LogP contribution in [-0.2, 0) is 0 Å². The molecule has 10 nitrogen and oxygen atoms in total. The van der Waals surface area contributed by atoms with E-state index in [-0.39, 0.29) is 18.2 Å². The van der Waals surface area contributed by atoms with Crippen LogP contribution >= 0.6 is 0 Å². The number of hydrogen-bond acceptors (Lipinski definition) is 8. The van der Waals surface area contributed by atoms with Crippen LogP contribution in [0.4, 0.5) is 0 Å². The van der Waals surface area contributed by atoms with Crippen molar-refractivity contribution in [3.05, 3.63) is 59.8 Å². The van der Waals surface area contributed by atoms with Gasteiger partial charge < -0.3 is 9.64 Å². The maximum Gasteiger partial charge on any atom is 0.201 e. The van der Waals surface area contributed by atoms with Crippen molar-refractivity contribution in [2.45, 2.75) is 57.7 Å². The lowest BCUT2D eigenvalue weighted by molar-refractivity contribution is 0.149. The number of ether oxygens (including phenoxy) is 1. The Morgan fingerprint density at radius 2 is 2.00 bits per heavy atom. The molecule has 1 saturated heterocycles. The minimum Gasteiger partial charge on any atom is -0.469 e. The number of aromatic nitrogens is 6. The second-order valence-corrected chi connectivity index (χ2v) is 9.89. The van der Waals surface area contributed by atoms with E-state index in [0.29, 0.717) is 23.1 Å². The summed E-state index contributed by atoms with van der Waals surface area (Å²) in [6.45, 7) is 4.71. The maximum atomic E-state index is 9.65. The fourth-order valence-corrected chi connectivity index (χ4v) is 5.44. The molecular weight excluding hydrogens is 466 g/mol. The van der Waals surface area contributed by atoms with Gasteiger partial charge in [0.15, 0.2) is 6.19 Å². The van der Waals surface area contributed by atoms with E-state index < -0.39 is 0 Å². The average Bonchev–Trinajstić information content (AvgIpc) is 3.58. The number of likely N-dealkylation sites (tertiary alicyclic amines) is 1. The van der Waals surface area contributed by atoms with Crippen LogP contribution in [0.2, 0.25) is 0 Å². The molecule has 2 aliphatic rings. The number of nitrogens with zero attached hydrogens (tertiary/aromatic N) is 9. The van der Waals surface area contributed by atoms with Gasteiger partial charge in [0.1, 0.15) is 29.2 Å². The molecule has 0 bridgehead atoms. The second kappa shape index (κ2) is 9.21. The average molecular weight is 494 g/mol. The lowest BCUT2D eigenvalue weighted by atomic mass is 9.94. The van der Waals surface area contributed by atoms with Gasteiger partial charge in [0.25, 0.3) is 0 Å². The van der Waals surface area contributed by atoms with Crippen molar-refractivity contribution >= 4 is 5.65 Å². The number of nitriles is 2. The van der Waals surface area contributed by atoms with E-state index in [1.54, 1.807) is 16.8 Å². The minimum absolute atomic E-state index is 0.205. The molecule has 0 radical (unpaired) electrons. The highest BCUT2D eigenvalue weighted by atomic mass is 16.5. The Kier molecular flexibility index (Phi) is 5.72. The van der Waals surface area contributed by atoms with Gasteiger partial charge in [-0.2, -0.15) is 10.5 Å². The summed E-state index contributed by atoms with van der Waals surface area (Å²) in [5.74, 6) is 1.11. The second-order valence-electron chi connectivity index (χ2n) is 9.89. The molecule has 1 saturated carbocycles. The van der Waals surface area contributed by atoms with Crippen molar-refractivity contribution in [1.82, 2.24) is 34.3 Å². The summed E-state index contributed by atoms with van der Waals surface area (Å²) >= 11 is 0. The number of piperidine rings is 1. The van der Waals surface area contributed by atoms with Crippen LogP contribution in [0.1, 0.15) is 61.8 Å². The van der Waals surface area contributed by atoms with Crippen molar-refractivity contribution < 1.29 is 4.74 Å². The molecule has 2 fully saturated rings. The molecule has 37 heavy (non-hydrogen) atoms. The van der Waals surface area contributed by atoms with E-state index in [9.17, 15) is 10.5 Å². The SMILES string of the molecule is Cc1c(-c2cc(O[C@H](C)c3ccccn3)n3c(C#N)cnc3c2)nnn1[C@@H]1CCN(C#N)C(C2CC2)C1. The Bertz CT molecular complexity index is 1520. The first-order chi connectivity index (χ1) is 18.1. The molecular formula is C27H27N9O. The standard InChI is InChI=1S/C27H27N9O/c1-17-27(32-33-36(17)21-8-10-34(16-29)24(13-21)19-6-7-19)20-11-25-31-15-22(14-28)35(25)26(12-20)37-18(2)23-5-3-4-9-30-23/h3-5,9,11-12,15,18-19,21,24H,6-8,10,13H2,1-2H3/t18-,21-,24?/m1/s1. The quantitative estimate of drug-likeness (QED) is 0.366. The van der Waals surface area contributed by atoms with E-state index in [1.807, 2.05) is 53.8 Å². The van der Waals surface area contributed by atoms with Crippen molar-refractivity contribution in [1.29, 1.82) is 10.5 Å². The van der Waals surface area contributed by atoms with E-state index in [0.717, 1.165) is 42.0 Å². The molecule has 5 heterocycles. The summed E-state index contributed by atoms with van der Waals surface area (Å²) in [6, 6.07) is 12.2. The Labute approximate surface area is 214 Å². The summed E-state index contributed by atoms with van der Waals surface area (Å²) in [6.07, 6.45) is 9.49. The Morgan fingerprint density at radius 3 is 2.73 bits per heavy atom. The highest BCUT2D eigenvalue weighted by molar-refractivity contribution is 5.68. The highest BCUT2D eigenvalue weighted by Gasteiger charge is 2.40. The van der Waals surface area contributed by atoms with Gasteiger partial charge in [0.05, 0.1) is 23.6 Å². The predicted molar refractivity (Wildman–Crippen MR) is 134 cm³/mol. The largest absolute Gasteiger partial charge is 0.469 e. The van der Waals surface area contributed by atoms with E-state index in [2.05, 4.69) is 32.5 Å². The number of fused-ring (bicyclic) bond motifs is 1. The third kappa shape index (κ3) is 4.15. The Morgan fingerprint density at radius 1 is 1.14 bits per heavy atom. The smallest absolute Gasteiger partial charge is 0.201 e. The number of imidazole rings is 1. The van der Waals surface area contributed by atoms with Gasteiger partial charge in [-0.3, -0.25) is 9.38 Å². The molecule has 10 heteroatoms. The zero-order chi connectivity index (χ0) is 25.5. The maximum absolute atomic E-state index is 9.65. The van der Waals surface area contributed by atoms with E-state index in [4.69, 9.17) is 4.74 Å². The van der Waals surface area contributed by atoms with Crippen molar-refractivity contribution in [3.8, 4) is 29.4 Å². The van der Waals surface area contributed by atoms with Crippen molar-refractivity contribution in [2.24, 2.45) is 5.92 Å². The van der Waals surface area contributed by atoms with Gasteiger partial charge in [-0.15, -0.1) is 5.10 Å². The van der Waals surface area contributed by atoms with Gasteiger partial charge in [0.2, 0.25) is 5.88 Å². The summed E-state index contributed by atoms with van der Waals surface area (Å²) < 4.78 is 10.1. The molecule has 1 unspecified atom stereocenters. The molecule has 4 aromatic heterocycles. The van der Waals surface area contributed by atoms with Crippen molar-refractivity contribution in [3.63, 3.8) is 0 Å². The van der Waals surface area contributed by atoms with Crippen LogP contribution in [0, 0.1) is 35.6 Å². The van der Waals surface area contributed by atoms with Crippen LogP contribution in [0.5, 0.6) is 5.88 Å². The molecule has 4 aromatic rings. The molecule has 6 rings (SSSR count). The molecule has 0 amide bonds. The number of hydrogen-bond donors (Lipinski definition) is 0. The number of rotatable bonds is 6. The van der Waals surface area contributed by atoms with Crippen molar-refractivity contribution in [2.75, 3.05) is 6.54 Å². The van der Waals surface area contributed by atoms with Gasteiger partial charge >= 0.3 is 0 Å². The topological polar surface area (TPSA) is 121 Å². The molecule has 1 aliphatic carbocycles.